The molecular formula is C16H28IN3O2. The van der Waals surface area contributed by atoms with E-state index in [1.54, 1.807) is 7.11 Å². The first-order chi connectivity index (χ1) is 10.1. The van der Waals surface area contributed by atoms with Gasteiger partial charge < -0.3 is 20.1 Å². The highest BCUT2D eigenvalue weighted by molar-refractivity contribution is 14.0. The Morgan fingerprint density at radius 2 is 2.00 bits per heavy atom. The van der Waals surface area contributed by atoms with E-state index in [4.69, 9.17) is 9.84 Å². The molecule has 22 heavy (non-hydrogen) atoms. The van der Waals surface area contributed by atoms with Crippen molar-refractivity contribution in [3.63, 3.8) is 0 Å². The van der Waals surface area contributed by atoms with Crippen molar-refractivity contribution in [2.24, 2.45) is 10.9 Å². The quantitative estimate of drug-likeness (QED) is 0.403. The number of aliphatic imine (C=N–C) groups is 1. The Bertz CT molecular complexity index is 438. The van der Waals surface area contributed by atoms with E-state index in [2.05, 4.69) is 27.3 Å². The minimum atomic E-state index is 0. The Hall–Kier alpha value is -1.02. The van der Waals surface area contributed by atoms with Crippen LogP contribution in [0, 0.1) is 5.92 Å². The molecule has 0 aliphatic rings. The fraction of sp³-hybridized carbons (Fsp3) is 0.562. The standard InChI is InChI=1S/C16H27N3O2.HI/c1-5-17-16(18-10-13(2)12-20)19(3)11-14-6-8-15(21-4)9-7-14;/h6-9,13,20H,5,10-12H2,1-4H3,(H,17,18);1H. The molecule has 126 valence electrons. The monoisotopic (exact) mass is 421 g/mol. The van der Waals surface area contributed by atoms with E-state index in [0.717, 1.165) is 24.8 Å². The van der Waals surface area contributed by atoms with Crippen LogP contribution in [0.2, 0.25) is 0 Å². The van der Waals surface area contributed by atoms with E-state index in [9.17, 15) is 0 Å². The number of hydrogen-bond acceptors (Lipinski definition) is 3. The molecule has 0 bridgehead atoms. The van der Waals surface area contributed by atoms with Crippen molar-refractivity contribution in [1.29, 1.82) is 0 Å². The Morgan fingerprint density at radius 3 is 2.50 bits per heavy atom. The minimum Gasteiger partial charge on any atom is -0.497 e. The van der Waals surface area contributed by atoms with Gasteiger partial charge in [-0.3, -0.25) is 4.99 Å². The summed E-state index contributed by atoms with van der Waals surface area (Å²) < 4.78 is 5.16. The lowest BCUT2D eigenvalue weighted by Crippen LogP contribution is -2.38. The predicted octanol–water partition coefficient (Wildman–Crippen LogP) is 2.34. The van der Waals surface area contributed by atoms with Gasteiger partial charge in [-0.25, -0.2) is 0 Å². The maximum Gasteiger partial charge on any atom is 0.193 e. The zero-order chi connectivity index (χ0) is 15.7. The second-order valence-electron chi connectivity index (χ2n) is 5.19. The summed E-state index contributed by atoms with van der Waals surface area (Å²) in [5.41, 5.74) is 1.19. The fourth-order valence-corrected chi connectivity index (χ4v) is 1.85. The highest BCUT2D eigenvalue weighted by Crippen LogP contribution is 2.12. The first-order valence-electron chi connectivity index (χ1n) is 7.33. The first-order valence-corrected chi connectivity index (χ1v) is 7.33. The lowest BCUT2D eigenvalue weighted by Gasteiger charge is -2.22. The van der Waals surface area contributed by atoms with Crippen molar-refractivity contribution in [3.8, 4) is 5.75 Å². The molecule has 1 aromatic carbocycles. The summed E-state index contributed by atoms with van der Waals surface area (Å²) >= 11 is 0. The molecule has 0 aromatic heterocycles. The molecule has 0 aliphatic carbocycles. The zero-order valence-electron chi connectivity index (χ0n) is 13.9. The van der Waals surface area contributed by atoms with Crippen LogP contribution in [0.1, 0.15) is 19.4 Å². The number of hydrogen-bond donors (Lipinski definition) is 2. The fourth-order valence-electron chi connectivity index (χ4n) is 1.85. The molecule has 1 unspecified atom stereocenters. The van der Waals surface area contributed by atoms with E-state index in [0.29, 0.717) is 6.54 Å². The SMILES string of the molecule is CCNC(=NCC(C)CO)N(C)Cc1ccc(OC)cc1.I. The van der Waals surface area contributed by atoms with Crippen LogP contribution in [-0.2, 0) is 6.54 Å². The number of aliphatic hydroxyl groups excluding tert-OH is 1. The molecule has 0 saturated heterocycles. The number of ether oxygens (including phenoxy) is 1. The summed E-state index contributed by atoms with van der Waals surface area (Å²) in [5, 5.41) is 12.4. The summed E-state index contributed by atoms with van der Waals surface area (Å²) in [7, 11) is 3.68. The van der Waals surface area contributed by atoms with Crippen LogP contribution in [0.15, 0.2) is 29.3 Å². The maximum absolute atomic E-state index is 9.09. The van der Waals surface area contributed by atoms with Crippen LogP contribution in [-0.4, -0.2) is 49.8 Å². The summed E-state index contributed by atoms with van der Waals surface area (Å²) in [6.45, 7) is 6.39. The molecule has 0 radical (unpaired) electrons. The number of halogens is 1. The van der Waals surface area contributed by atoms with Crippen molar-refractivity contribution < 1.29 is 9.84 Å². The highest BCUT2D eigenvalue weighted by atomic mass is 127. The minimum absolute atomic E-state index is 0. The van der Waals surface area contributed by atoms with Crippen LogP contribution in [0.4, 0.5) is 0 Å². The number of rotatable bonds is 7. The van der Waals surface area contributed by atoms with Crippen molar-refractivity contribution in [2.75, 3.05) is 33.9 Å². The molecular weight excluding hydrogens is 393 g/mol. The van der Waals surface area contributed by atoms with Gasteiger partial charge in [0.25, 0.3) is 0 Å². The van der Waals surface area contributed by atoms with E-state index >= 15 is 0 Å². The van der Waals surface area contributed by atoms with Crippen LogP contribution in [0.5, 0.6) is 5.75 Å². The van der Waals surface area contributed by atoms with Crippen LogP contribution in [0.25, 0.3) is 0 Å². The summed E-state index contributed by atoms with van der Waals surface area (Å²) in [6, 6.07) is 8.02. The third kappa shape index (κ3) is 7.31. The molecule has 6 heteroatoms. The largest absolute Gasteiger partial charge is 0.497 e. The summed E-state index contributed by atoms with van der Waals surface area (Å²) in [6.07, 6.45) is 0. The number of benzene rings is 1. The number of methoxy groups -OCH3 is 1. The second-order valence-corrected chi connectivity index (χ2v) is 5.19. The van der Waals surface area contributed by atoms with Gasteiger partial charge in [-0.2, -0.15) is 0 Å². The molecule has 0 aliphatic heterocycles. The zero-order valence-corrected chi connectivity index (χ0v) is 16.2. The Balaban J connectivity index is 0.00000441. The van der Waals surface area contributed by atoms with Crippen molar-refractivity contribution >= 4 is 29.9 Å². The van der Waals surface area contributed by atoms with Gasteiger partial charge in [0.2, 0.25) is 0 Å². The summed E-state index contributed by atoms with van der Waals surface area (Å²) in [5.74, 6) is 1.89. The topological polar surface area (TPSA) is 57.1 Å². The van der Waals surface area contributed by atoms with Gasteiger partial charge >= 0.3 is 0 Å². The predicted molar refractivity (Wildman–Crippen MR) is 102 cm³/mol. The normalized spacial score (nSPS) is 12.3. The lowest BCUT2D eigenvalue weighted by atomic mass is 10.2. The van der Waals surface area contributed by atoms with Crippen LogP contribution < -0.4 is 10.1 Å². The third-order valence-corrected chi connectivity index (χ3v) is 3.14. The smallest absolute Gasteiger partial charge is 0.193 e. The maximum atomic E-state index is 9.09. The van der Waals surface area contributed by atoms with Gasteiger partial charge in [0.1, 0.15) is 5.75 Å². The van der Waals surface area contributed by atoms with E-state index < -0.39 is 0 Å². The third-order valence-electron chi connectivity index (χ3n) is 3.14. The number of guanidine groups is 1. The number of nitrogens with one attached hydrogen (secondary N) is 1. The van der Waals surface area contributed by atoms with Gasteiger partial charge in [0.15, 0.2) is 5.96 Å². The second kappa shape index (κ2) is 11.5. The van der Waals surface area contributed by atoms with Crippen molar-refractivity contribution in [1.82, 2.24) is 10.2 Å². The Kier molecular flexibility index (Phi) is 11.0. The lowest BCUT2D eigenvalue weighted by molar-refractivity contribution is 0.241. The molecule has 0 spiro atoms. The summed E-state index contributed by atoms with van der Waals surface area (Å²) in [4.78, 5) is 6.64. The highest BCUT2D eigenvalue weighted by Gasteiger charge is 2.07. The van der Waals surface area contributed by atoms with Gasteiger partial charge in [0.05, 0.1) is 7.11 Å². The molecule has 1 atom stereocenters. The number of aliphatic hydroxyl groups is 1. The number of nitrogens with zero attached hydrogens (tertiary/aromatic N) is 2. The molecule has 0 amide bonds. The van der Waals surface area contributed by atoms with Gasteiger partial charge in [-0.1, -0.05) is 19.1 Å². The molecule has 0 heterocycles. The van der Waals surface area contributed by atoms with Crippen molar-refractivity contribution in [2.45, 2.75) is 20.4 Å². The Labute approximate surface area is 150 Å². The molecule has 1 rings (SSSR count). The first kappa shape index (κ1) is 21.0. The van der Waals surface area contributed by atoms with Gasteiger partial charge in [-0.15, -0.1) is 24.0 Å². The molecule has 0 fully saturated rings. The molecule has 1 aromatic rings. The average Bonchev–Trinajstić information content (AvgIpc) is 2.51. The molecule has 5 nitrogen and oxygen atoms in total. The van der Waals surface area contributed by atoms with E-state index in [1.807, 2.05) is 33.0 Å². The molecule has 2 N–H and O–H groups in total. The van der Waals surface area contributed by atoms with E-state index in [1.165, 1.54) is 5.56 Å². The van der Waals surface area contributed by atoms with Gasteiger partial charge in [0, 0.05) is 33.3 Å². The van der Waals surface area contributed by atoms with Gasteiger partial charge in [-0.05, 0) is 30.5 Å². The average molecular weight is 421 g/mol. The molecule has 0 saturated carbocycles. The van der Waals surface area contributed by atoms with E-state index in [-0.39, 0.29) is 36.5 Å². The Morgan fingerprint density at radius 1 is 1.36 bits per heavy atom. The van der Waals surface area contributed by atoms with Crippen molar-refractivity contribution in [3.05, 3.63) is 29.8 Å². The van der Waals surface area contributed by atoms with Crippen LogP contribution in [0.3, 0.4) is 0 Å². The van der Waals surface area contributed by atoms with Crippen LogP contribution >= 0.6 is 24.0 Å².